The van der Waals surface area contributed by atoms with Crippen LogP contribution in [0.2, 0.25) is 0 Å². The molecule has 3 heteroatoms. The lowest BCUT2D eigenvalue weighted by Crippen LogP contribution is -2.54. The number of hydrogen-bond donors (Lipinski definition) is 1. The summed E-state index contributed by atoms with van der Waals surface area (Å²) in [7, 11) is 2.26. The smallest absolute Gasteiger partial charge is 0.0223 e. The molecule has 2 atom stereocenters. The van der Waals surface area contributed by atoms with Crippen LogP contribution in [-0.2, 0) is 0 Å². The van der Waals surface area contributed by atoms with E-state index in [0.29, 0.717) is 6.04 Å². The van der Waals surface area contributed by atoms with Gasteiger partial charge < -0.3 is 10.2 Å². The van der Waals surface area contributed by atoms with Gasteiger partial charge in [-0.3, -0.25) is 4.90 Å². The molecule has 2 fully saturated rings. The van der Waals surface area contributed by atoms with Gasteiger partial charge >= 0.3 is 0 Å². The fourth-order valence-electron chi connectivity index (χ4n) is 3.81. The summed E-state index contributed by atoms with van der Waals surface area (Å²) in [5, 5.41) is 3.86. The maximum Gasteiger partial charge on any atom is 0.0223 e. The summed E-state index contributed by atoms with van der Waals surface area (Å²) in [6, 6.07) is 1.44. The van der Waals surface area contributed by atoms with Crippen molar-refractivity contribution in [3.05, 3.63) is 0 Å². The molecule has 118 valence electrons. The fourth-order valence-corrected chi connectivity index (χ4v) is 3.81. The summed E-state index contributed by atoms with van der Waals surface area (Å²) < 4.78 is 0. The van der Waals surface area contributed by atoms with Crippen LogP contribution in [0.1, 0.15) is 52.4 Å². The van der Waals surface area contributed by atoms with Gasteiger partial charge in [-0.15, -0.1) is 0 Å². The van der Waals surface area contributed by atoms with Crippen molar-refractivity contribution in [3.8, 4) is 0 Å². The largest absolute Gasteiger partial charge is 0.312 e. The van der Waals surface area contributed by atoms with E-state index in [9.17, 15) is 0 Å². The molecule has 2 rings (SSSR count). The average molecular weight is 281 g/mol. The number of likely N-dealkylation sites (N-methyl/N-ethyl adjacent to an activating group) is 1. The molecule has 1 N–H and O–H groups in total. The van der Waals surface area contributed by atoms with E-state index in [-0.39, 0.29) is 0 Å². The highest BCUT2D eigenvalue weighted by Gasteiger charge is 2.27. The second kappa shape index (κ2) is 8.35. The first kappa shape index (κ1) is 16.3. The van der Waals surface area contributed by atoms with Crippen molar-refractivity contribution in [3.63, 3.8) is 0 Å². The van der Waals surface area contributed by atoms with E-state index >= 15 is 0 Å². The van der Waals surface area contributed by atoms with Crippen LogP contribution < -0.4 is 5.32 Å². The number of nitrogens with one attached hydrogen (secondary N) is 1. The Bertz CT molecular complexity index is 263. The normalized spacial score (nSPS) is 28.6. The van der Waals surface area contributed by atoms with Gasteiger partial charge in [-0.05, 0) is 45.7 Å². The lowest BCUT2D eigenvalue weighted by molar-refractivity contribution is 0.0855. The van der Waals surface area contributed by atoms with Crippen molar-refractivity contribution in [2.45, 2.75) is 64.5 Å². The molecule has 2 unspecified atom stereocenters. The Morgan fingerprint density at radius 2 is 1.90 bits per heavy atom. The van der Waals surface area contributed by atoms with Crippen molar-refractivity contribution in [1.29, 1.82) is 0 Å². The van der Waals surface area contributed by atoms with Gasteiger partial charge in [0.15, 0.2) is 0 Å². The average Bonchev–Trinajstić information content (AvgIpc) is 2.48. The summed E-state index contributed by atoms with van der Waals surface area (Å²) in [6.07, 6.45) is 8.52. The van der Waals surface area contributed by atoms with Crippen LogP contribution in [-0.4, -0.2) is 61.7 Å². The third kappa shape index (κ3) is 4.71. The third-order valence-electron chi connectivity index (χ3n) is 5.37. The highest BCUT2D eigenvalue weighted by molar-refractivity contribution is 4.85. The Labute approximate surface area is 126 Å². The van der Waals surface area contributed by atoms with Crippen LogP contribution in [0.3, 0.4) is 0 Å². The molecule has 1 saturated heterocycles. The first-order chi connectivity index (χ1) is 9.70. The molecule has 0 amide bonds. The van der Waals surface area contributed by atoms with Gasteiger partial charge in [0.05, 0.1) is 0 Å². The summed E-state index contributed by atoms with van der Waals surface area (Å²) in [6.45, 7) is 10.8. The molecule has 0 aromatic rings. The zero-order valence-corrected chi connectivity index (χ0v) is 13.9. The number of rotatable bonds is 6. The van der Waals surface area contributed by atoms with E-state index in [2.05, 4.69) is 36.0 Å². The second-order valence-electron chi connectivity index (χ2n) is 7.05. The molecule has 1 heterocycles. The van der Waals surface area contributed by atoms with Gasteiger partial charge in [-0.2, -0.15) is 0 Å². The number of nitrogens with zero attached hydrogens (tertiary/aromatic N) is 2. The fraction of sp³-hybridized carbons (Fsp3) is 1.00. The lowest BCUT2D eigenvalue weighted by Gasteiger charge is -2.41. The Morgan fingerprint density at radius 3 is 2.55 bits per heavy atom. The first-order valence-electron chi connectivity index (χ1n) is 8.86. The van der Waals surface area contributed by atoms with E-state index in [4.69, 9.17) is 0 Å². The van der Waals surface area contributed by atoms with E-state index in [1.165, 1.54) is 71.2 Å². The first-order valence-corrected chi connectivity index (χ1v) is 8.86. The number of hydrogen-bond acceptors (Lipinski definition) is 3. The van der Waals surface area contributed by atoms with Gasteiger partial charge in [0.1, 0.15) is 0 Å². The van der Waals surface area contributed by atoms with Crippen LogP contribution in [0, 0.1) is 5.92 Å². The van der Waals surface area contributed by atoms with Gasteiger partial charge in [-0.25, -0.2) is 0 Å². The van der Waals surface area contributed by atoms with E-state index in [0.717, 1.165) is 12.0 Å². The highest BCUT2D eigenvalue weighted by atomic mass is 15.3. The summed E-state index contributed by atoms with van der Waals surface area (Å²) in [5.74, 6) is 0.922. The van der Waals surface area contributed by atoms with Gasteiger partial charge in [0.25, 0.3) is 0 Å². The topological polar surface area (TPSA) is 18.5 Å². The zero-order chi connectivity index (χ0) is 14.4. The monoisotopic (exact) mass is 281 g/mol. The predicted molar refractivity (Wildman–Crippen MR) is 87.2 cm³/mol. The number of piperazine rings is 1. The van der Waals surface area contributed by atoms with E-state index < -0.39 is 0 Å². The molecule has 0 spiro atoms. The standard InChI is InChI=1S/C17H35N3/c1-4-10-18-17(16-8-6-5-7-9-16)14-20-12-11-19(3)15(2)13-20/h15-18H,4-14H2,1-3H3. The van der Waals surface area contributed by atoms with Crippen molar-refractivity contribution in [1.82, 2.24) is 15.1 Å². The van der Waals surface area contributed by atoms with Crippen LogP contribution in [0.25, 0.3) is 0 Å². The molecule has 1 aliphatic carbocycles. The minimum absolute atomic E-state index is 0.710. The molecule has 0 aromatic carbocycles. The molecule has 2 aliphatic rings. The molecule has 1 aliphatic heterocycles. The predicted octanol–water partition coefficient (Wildman–Crippen LogP) is 2.57. The zero-order valence-electron chi connectivity index (χ0n) is 13.9. The van der Waals surface area contributed by atoms with Crippen molar-refractivity contribution in [2.24, 2.45) is 5.92 Å². The minimum Gasteiger partial charge on any atom is -0.312 e. The second-order valence-corrected chi connectivity index (χ2v) is 7.05. The van der Waals surface area contributed by atoms with Crippen LogP contribution >= 0.6 is 0 Å². The van der Waals surface area contributed by atoms with E-state index in [1.807, 2.05) is 0 Å². The summed E-state index contributed by atoms with van der Waals surface area (Å²) in [4.78, 5) is 5.19. The highest BCUT2D eigenvalue weighted by Crippen LogP contribution is 2.27. The minimum atomic E-state index is 0.710. The summed E-state index contributed by atoms with van der Waals surface area (Å²) >= 11 is 0. The van der Waals surface area contributed by atoms with Crippen molar-refractivity contribution < 1.29 is 0 Å². The summed E-state index contributed by atoms with van der Waals surface area (Å²) in [5.41, 5.74) is 0. The molecule has 0 bridgehead atoms. The Kier molecular flexibility index (Phi) is 6.79. The maximum absolute atomic E-state index is 3.86. The van der Waals surface area contributed by atoms with Gasteiger partial charge in [-0.1, -0.05) is 26.2 Å². The third-order valence-corrected chi connectivity index (χ3v) is 5.37. The van der Waals surface area contributed by atoms with Crippen molar-refractivity contribution in [2.75, 3.05) is 39.8 Å². The molecular formula is C17H35N3. The Balaban J connectivity index is 1.85. The van der Waals surface area contributed by atoms with Gasteiger partial charge in [0.2, 0.25) is 0 Å². The maximum atomic E-state index is 3.86. The van der Waals surface area contributed by atoms with Crippen LogP contribution in [0.4, 0.5) is 0 Å². The molecule has 0 radical (unpaired) electrons. The van der Waals surface area contributed by atoms with Crippen LogP contribution in [0.15, 0.2) is 0 Å². The molecule has 20 heavy (non-hydrogen) atoms. The Hall–Kier alpha value is -0.120. The quantitative estimate of drug-likeness (QED) is 0.807. The molecule has 1 saturated carbocycles. The van der Waals surface area contributed by atoms with Gasteiger partial charge in [0, 0.05) is 38.3 Å². The van der Waals surface area contributed by atoms with Crippen molar-refractivity contribution >= 4 is 0 Å². The molecule has 3 nitrogen and oxygen atoms in total. The van der Waals surface area contributed by atoms with E-state index in [1.54, 1.807) is 0 Å². The lowest BCUT2D eigenvalue weighted by atomic mass is 9.83. The molecular weight excluding hydrogens is 246 g/mol. The Morgan fingerprint density at radius 1 is 1.15 bits per heavy atom. The van der Waals surface area contributed by atoms with Crippen LogP contribution in [0.5, 0.6) is 0 Å². The SMILES string of the molecule is CCCNC(CN1CCN(C)C(C)C1)C1CCCCC1. The molecule has 0 aromatic heterocycles.